The van der Waals surface area contributed by atoms with Crippen LogP contribution >= 0.6 is 0 Å². The van der Waals surface area contributed by atoms with E-state index in [0.717, 1.165) is 45.6 Å². The lowest BCUT2D eigenvalue weighted by atomic mass is 10.1. The van der Waals surface area contributed by atoms with Gasteiger partial charge in [0.2, 0.25) is 12.7 Å². The molecule has 0 saturated heterocycles. The molecule has 0 amide bonds. The first-order valence-corrected chi connectivity index (χ1v) is 17.6. The van der Waals surface area contributed by atoms with Crippen LogP contribution in [-0.2, 0) is 36.0 Å². The maximum atomic E-state index is 5.88. The highest BCUT2D eigenvalue weighted by Crippen LogP contribution is 2.11. The molecule has 41 heavy (non-hydrogen) atoms. The van der Waals surface area contributed by atoms with E-state index in [4.69, 9.17) is 9.47 Å². The van der Waals surface area contributed by atoms with Crippen molar-refractivity contribution in [3.05, 3.63) is 37.4 Å². The van der Waals surface area contributed by atoms with Gasteiger partial charge in [-0.15, -0.1) is 0 Å². The van der Waals surface area contributed by atoms with Gasteiger partial charge >= 0.3 is 0 Å². The van der Waals surface area contributed by atoms with Crippen LogP contribution in [0.15, 0.2) is 37.4 Å². The third kappa shape index (κ3) is 20.0. The summed E-state index contributed by atoms with van der Waals surface area (Å²) in [5.41, 5.74) is 0. The number of hydrogen-bond acceptors (Lipinski definition) is 2. The van der Waals surface area contributed by atoms with E-state index < -0.39 is 0 Å². The third-order valence-corrected chi connectivity index (χ3v) is 8.09. The second-order valence-electron chi connectivity index (χ2n) is 12.1. The third-order valence-electron chi connectivity index (χ3n) is 8.09. The van der Waals surface area contributed by atoms with Gasteiger partial charge in [-0.3, -0.25) is 0 Å². The molecular formula is C35H66N4O2+2. The smallest absolute Gasteiger partial charge is 0.245 e. The van der Waals surface area contributed by atoms with Crippen molar-refractivity contribution < 1.29 is 18.6 Å². The van der Waals surface area contributed by atoms with Gasteiger partial charge in [0.15, 0.2) is 13.5 Å². The first-order chi connectivity index (χ1) is 20.3. The molecule has 2 heterocycles. The van der Waals surface area contributed by atoms with Gasteiger partial charge in [0, 0.05) is 0 Å². The fourth-order valence-corrected chi connectivity index (χ4v) is 5.43. The molecule has 0 fully saturated rings. The number of rotatable bonds is 30. The second-order valence-corrected chi connectivity index (χ2v) is 12.1. The van der Waals surface area contributed by atoms with Gasteiger partial charge in [0.05, 0.1) is 26.3 Å². The molecule has 0 aliphatic heterocycles. The van der Waals surface area contributed by atoms with Crippen LogP contribution in [0.2, 0.25) is 0 Å². The van der Waals surface area contributed by atoms with Crippen molar-refractivity contribution in [1.82, 2.24) is 9.13 Å². The van der Waals surface area contributed by atoms with Gasteiger partial charge in [-0.1, -0.05) is 104 Å². The standard InChI is InChI=1S/C35H66N4O2/c1-3-5-7-9-11-13-15-17-20-24-36-26-28-38(32-36)34-40-30-22-19-23-31-41-35-39-29-27-37(33-39)25-21-18-16-14-12-10-8-6-4-2/h26-29,32-33H,3-25,30-31,34-35H2,1-2H3/q+2. The van der Waals surface area contributed by atoms with Gasteiger partial charge in [-0.2, -0.15) is 0 Å². The largest absolute Gasteiger partial charge is 0.342 e. The van der Waals surface area contributed by atoms with Crippen LogP contribution in [0.1, 0.15) is 149 Å². The summed E-state index contributed by atoms with van der Waals surface area (Å²) in [6, 6.07) is 0. The van der Waals surface area contributed by atoms with E-state index in [9.17, 15) is 0 Å². The minimum atomic E-state index is 0.647. The summed E-state index contributed by atoms with van der Waals surface area (Å²) in [4.78, 5) is 0. The lowest BCUT2D eigenvalue weighted by Crippen LogP contribution is -2.33. The summed E-state index contributed by atoms with van der Waals surface area (Å²) in [5, 5.41) is 0. The molecule has 236 valence electrons. The van der Waals surface area contributed by atoms with Crippen molar-refractivity contribution in [2.75, 3.05) is 13.2 Å². The minimum absolute atomic E-state index is 0.647. The van der Waals surface area contributed by atoms with Crippen LogP contribution in [0.5, 0.6) is 0 Å². The molecule has 6 nitrogen and oxygen atoms in total. The SMILES string of the molecule is CCCCCCCCCCCn1cc[n+](COCCCCCOC[n+]2ccn(CCCCCCCCCCC)c2)c1. The zero-order valence-corrected chi connectivity index (χ0v) is 27.2. The van der Waals surface area contributed by atoms with E-state index in [1.165, 1.54) is 116 Å². The number of aryl methyl sites for hydroxylation is 2. The number of unbranched alkanes of at least 4 members (excludes halogenated alkanes) is 18. The summed E-state index contributed by atoms with van der Waals surface area (Å²) in [6.07, 6.45) is 41.1. The Hall–Kier alpha value is -1.66. The van der Waals surface area contributed by atoms with Gasteiger partial charge < -0.3 is 9.47 Å². The van der Waals surface area contributed by atoms with Crippen LogP contribution in [0, 0.1) is 0 Å². The molecule has 0 radical (unpaired) electrons. The van der Waals surface area contributed by atoms with Gasteiger partial charge in [-0.25, -0.2) is 18.3 Å². The Morgan fingerprint density at radius 1 is 0.439 bits per heavy atom. The molecule has 2 aromatic rings. The quantitative estimate of drug-likeness (QED) is 0.0691. The van der Waals surface area contributed by atoms with Crippen molar-refractivity contribution in [3.63, 3.8) is 0 Å². The summed E-state index contributed by atoms with van der Waals surface area (Å²) in [5.74, 6) is 0. The Bertz CT molecular complexity index is 752. The molecule has 2 rings (SSSR count). The second kappa shape index (κ2) is 26.0. The van der Waals surface area contributed by atoms with Crippen molar-refractivity contribution >= 4 is 0 Å². The maximum absolute atomic E-state index is 5.88. The van der Waals surface area contributed by atoms with Crippen molar-refractivity contribution in [2.24, 2.45) is 0 Å². The average molecular weight is 575 g/mol. The molecular weight excluding hydrogens is 508 g/mol. The molecule has 0 bridgehead atoms. The fraction of sp³-hybridized carbons (Fsp3) is 0.829. The monoisotopic (exact) mass is 575 g/mol. The maximum Gasteiger partial charge on any atom is 0.245 e. The van der Waals surface area contributed by atoms with Gasteiger partial charge in [0.1, 0.15) is 24.8 Å². The Morgan fingerprint density at radius 3 is 1.17 bits per heavy atom. The summed E-state index contributed by atoms with van der Waals surface area (Å²) in [6.45, 7) is 9.72. The molecule has 0 saturated carbocycles. The first kappa shape index (κ1) is 35.5. The Labute approximate surface area is 253 Å². The lowest BCUT2D eigenvalue weighted by molar-refractivity contribution is -0.732. The highest BCUT2D eigenvalue weighted by Gasteiger charge is 2.05. The minimum Gasteiger partial charge on any atom is -0.342 e. The van der Waals surface area contributed by atoms with E-state index in [1.54, 1.807) is 0 Å². The van der Waals surface area contributed by atoms with Crippen LogP contribution in [-0.4, -0.2) is 22.3 Å². The average Bonchev–Trinajstić information content (AvgIpc) is 3.64. The van der Waals surface area contributed by atoms with Crippen LogP contribution in [0.4, 0.5) is 0 Å². The predicted octanol–water partition coefficient (Wildman–Crippen LogP) is 8.74. The van der Waals surface area contributed by atoms with Crippen molar-refractivity contribution in [3.8, 4) is 0 Å². The van der Waals surface area contributed by atoms with E-state index in [0.29, 0.717) is 13.5 Å². The Balaban J connectivity index is 1.35. The summed E-state index contributed by atoms with van der Waals surface area (Å²) < 4.78 is 20.7. The summed E-state index contributed by atoms with van der Waals surface area (Å²) >= 11 is 0. The molecule has 0 aliphatic rings. The normalized spacial score (nSPS) is 11.6. The van der Waals surface area contributed by atoms with Crippen LogP contribution in [0.3, 0.4) is 0 Å². The van der Waals surface area contributed by atoms with Crippen molar-refractivity contribution in [2.45, 2.75) is 175 Å². The Morgan fingerprint density at radius 2 is 0.780 bits per heavy atom. The number of imidazole rings is 2. The zero-order chi connectivity index (χ0) is 29.1. The molecule has 0 atom stereocenters. The molecule has 0 spiro atoms. The van der Waals surface area contributed by atoms with Crippen LogP contribution < -0.4 is 9.13 Å². The zero-order valence-electron chi connectivity index (χ0n) is 27.2. The highest BCUT2D eigenvalue weighted by molar-refractivity contribution is 4.66. The fourth-order valence-electron chi connectivity index (χ4n) is 5.43. The number of ether oxygens (including phenoxy) is 2. The molecule has 0 aliphatic carbocycles. The van der Waals surface area contributed by atoms with Crippen molar-refractivity contribution in [1.29, 1.82) is 0 Å². The topological polar surface area (TPSA) is 36.1 Å². The lowest BCUT2D eigenvalue weighted by Gasteiger charge is -2.03. The van der Waals surface area contributed by atoms with E-state index in [-0.39, 0.29) is 0 Å². The van der Waals surface area contributed by atoms with Gasteiger partial charge in [-0.05, 0) is 44.9 Å². The number of aromatic nitrogens is 4. The number of nitrogens with zero attached hydrogens (tertiary/aromatic N) is 4. The summed E-state index contributed by atoms with van der Waals surface area (Å²) in [7, 11) is 0. The molecule has 2 aromatic heterocycles. The van der Waals surface area contributed by atoms with E-state index in [1.807, 2.05) is 0 Å². The predicted molar refractivity (Wildman–Crippen MR) is 169 cm³/mol. The Kier molecular flexibility index (Phi) is 22.5. The van der Waals surface area contributed by atoms with Crippen LogP contribution in [0.25, 0.3) is 0 Å². The molecule has 0 N–H and O–H groups in total. The van der Waals surface area contributed by atoms with E-state index in [2.05, 4.69) is 69.6 Å². The first-order valence-electron chi connectivity index (χ1n) is 17.6. The molecule has 0 aromatic carbocycles. The highest BCUT2D eigenvalue weighted by atomic mass is 16.5. The van der Waals surface area contributed by atoms with E-state index >= 15 is 0 Å². The van der Waals surface area contributed by atoms with Gasteiger partial charge in [0.25, 0.3) is 0 Å². The molecule has 6 heteroatoms. The number of hydrogen-bond donors (Lipinski definition) is 0. The molecule has 0 unspecified atom stereocenters.